The largest absolute Gasteiger partial charge is 0.491 e. The molecule has 0 aromatic heterocycles. The molecule has 0 aliphatic carbocycles. The summed E-state index contributed by atoms with van der Waals surface area (Å²) < 4.78 is 5.38. The van der Waals surface area contributed by atoms with E-state index in [2.05, 4.69) is 6.07 Å². The van der Waals surface area contributed by atoms with E-state index in [0.29, 0.717) is 11.3 Å². The van der Waals surface area contributed by atoms with Crippen LogP contribution in [0.1, 0.15) is 16.7 Å². The van der Waals surface area contributed by atoms with Gasteiger partial charge in [0.15, 0.2) is 0 Å². The van der Waals surface area contributed by atoms with Crippen LogP contribution in [0.4, 0.5) is 0 Å². The molecule has 0 spiro atoms. The van der Waals surface area contributed by atoms with Crippen molar-refractivity contribution < 1.29 is 9.84 Å². The van der Waals surface area contributed by atoms with E-state index in [9.17, 15) is 5.11 Å². The minimum atomic E-state index is -0.656. The van der Waals surface area contributed by atoms with Crippen LogP contribution in [0.3, 0.4) is 0 Å². The second-order valence-electron chi connectivity index (χ2n) is 3.74. The van der Waals surface area contributed by atoms with Crippen LogP contribution < -0.4 is 10.5 Å². The number of benzene rings is 1. The van der Waals surface area contributed by atoms with Crippen LogP contribution in [-0.2, 0) is 0 Å². The molecule has 1 unspecified atom stereocenters. The lowest BCUT2D eigenvalue weighted by Crippen LogP contribution is -2.26. The van der Waals surface area contributed by atoms with Crippen molar-refractivity contribution in [3.05, 3.63) is 28.8 Å². The van der Waals surface area contributed by atoms with Crippen LogP contribution in [-0.4, -0.2) is 24.4 Å². The quantitative estimate of drug-likeness (QED) is 0.789. The van der Waals surface area contributed by atoms with Gasteiger partial charge in [-0.1, -0.05) is 0 Å². The average molecular weight is 220 g/mol. The predicted octanol–water partition coefficient (Wildman–Crippen LogP) is 0.874. The van der Waals surface area contributed by atoms with Crippen molar-refractivity contribution in [2.24, 2.45) is 5.73 Å². The lowest BCUT2D eigenvalue weighted by Gasteiger charge is -2.12. The number of aliphatic hydroxyl groups is 1. The van der Waals surface area contributed by atoms with E-state index in [1.54, 1.807) is 12.1 Å². The fourth-order valence-electron chi connectivity index (χ4n) is 1.44. The molecule has 1 rings (SSSR count). The van der Waals surface area contributed by atoms with Gasteiger partial charge in [0.1, 0.15) is 18.5 Å². The van der Waals surface area contributed by atoms with Crippen LogP contribution in [0.2, 0.25) is 0 Å². The Bertz CT molecular complexity index is 387. The summed E-state index contributed by atoms with van der Waals surface area (Å²) in [6.45, 7) is 4.06. The SMILES string of the molecule is Cc1cc(OCC(O)CN)cc(C)c1C#N. The van der Waals surface area contributed by atoms with Gasteiger partial charge < -0.3 is 15.6 Å². The number of ether oxygens (including phenoxy) is 1. The number of nitrogens with two attached hydrogens (primary N) is 1. The molecule has 1 atom stereocenters. The topological polar surface area (TPSA) is 79.3 Å². The van der Waals surface area contributed by atoms with Crippen LogP contribution in [0.5, 0.6) is 5.75 Å². The zero-order valence-electron chi connectivity index (χ0n) is 9.53. The molecule has 0 aliphatic rings. The van der Waals surface area contributed by atoms with Gasteiger partial charge in [-0.2, -0.15) is 5.26 Å². The molecule has 1 aromatic rings. The normalized spacial score (nSPS) is 11.9. The first-order valence-electron chi connectivity index (χ1n) is 5.10. The minimum absolute atomic E-state index is 0.168. The molecule has 0 saturated carbocycles. The first-order valence-corrected chi connectivity index (χ1v) is 5.10. The smallest absolute Gasteiger partial charge is 0.120 e. The molecule has 3 N–H and O–H groups in total. The Morgan fingerprint density at radius 2 is 2.00 bits per heavy atom. The number of nitriles is 1. The summed E-state index contributed by atoms with van der Waals surface area (Å²) in [5.41, 5.74) is 7.69. The molecule has 0 saturated heterocycles. The van der Waals surface area contributed by atoms with E-state index in [1.807, 2.05) is 13.8 Å². The lowest BCUT2D eigenvalue weighted by atomic mass is 10.0. The second kappa shape index (κ2) is 5.50. The van der Waals surface area contributed by atoms with Crippen molar-refractivity contribution in [1.29, 1.82) is 5.26 Å². The molecule has 0 bridgehead atoms. The summed E-state index contributed by atoms with van der Waals surface area (Å²) in [6.07, 6.45) is -0.656. The Morgan fingerprint density at radius 3 is 2.44 bits per heavy atom. The number of hydrogen-bond donors (Lipinski definition) is 2. The average Bonchev–Trinajstić information content (AvgIpc) is 2.25. The highest BCUT2D eigenvalue weighted by Crippen LogP contribution is 2.21. The van der Waals surface area contributed by atoms with Crippen molar-refractivity contribution in [2.75, 3.05) is 13.2 Å². The van der Waals surface area contributed by atoms with Crippen LogP contribution in [0, 0.1) is 25.2 Å². The van der Waals surface area contributed by atoms with Gasteiger partial charge in [0.05, 0.1) is 11.6 Å². The molecule has 1 aromatic carbocycles. The highest BCUT2D eigenvalue weighted by Gasteiger charge is 2.07. The van der Waals surface area contributed by atoms with Crippen LogP contribution in [0.25, 0.3) is 0 Å². The maximum atomic E-state index is 9.26. The summed E-state index contributed by atoms with van der Waals surface area (Å²) in [4.78, 5) is 0. The maximum Gasteiger partial charge on any atom is 0.120 e. The van der Waals surface area contributed by atoms with Gasteiger partial charge in [0, 0.05) is 6.54 Å². The van der Waals surface area contributed by atoms with Crippen molar-refractivity contribution in [1.82, 2.24) is 0 Å². The van der Waals surface area contributed by atoms with Gasteiger partial charge >= 0.3 is 0 Å². The molecule has 0 heterocycles. The highest BCUT2D eigenvalue weighted by molar-refractivity contribution is 5.47. The number of aryl methyl sites for hydroxylation is 2. The number of hydrogen-bond acceptors (Lipinski definition) is 4. The van der Waals surface area contributed by atoms with Gasteiger partial charge in [-0.25, -0.2) is 0 Å². The van der Waals surface area contributed by atoms with E-state index in [0.717, 1.165) is 11.1 Å². The molecular formula is C12H16N2O2. The van der Waals surface area contributed by atoms with Crippen molar-refractivity contribution in [3.8, 4) is 11.8 Å². The summed E-state index contributed by atoms with van der Waals surface area (Å²) in [6, 6.07) is 5.71. The van der Waals surface area contributed by atoms with E-state index in [4.69, 9.17) is 15.7 Å². The van der Waals surface area contributed by atoms with Crippen molar-refractivity contribution >= 4 is 0 Å². The Morgan fingerprint density at radius 1 is 1.44 bits per heavy atom. The van der Waals surface area contributed by atoms with Gasteiger partial charge in [-0.3, -0.25) is 0 Å². The van der Waals surface area contributed by atoms with Gasteiger partial charge in [-0.15, -0.1) is 0 Å². The summed E-state index contributed by atoms with van der Waals surface area (Å²) >= 11 is 0. The molecule has 86 valence electrons. The molecule has 16 heavy (non-hydrogen) atoms. The predicted molar refractivity (Wildman–Crippen MR) is 61.2 cm³/mol. The molecule has 4 heteroatoms. The molecule has 0 radical (unpaired) electrons. The number of nitrogens with zero attached hydrogens (tertiary/aromatic N) is 1. The van der Waals surface area contributed by atoms with E-state index >= 15 is 0 Å². The first-order chi connectivity index (χ1) is 7.58. The third-order valence-electron chi connectivity index (χ3n) is 2.33. The lowest BCUT2D eigenvalue weighted by molar-refractivity contribution is 0.114. The summed E-state index contributed by atoms with van der Waals surface area (Å²) in [5.74, 6) is 0.654. The summed E-state index contributed by atoms with van der Waals surface area (Å²) in [7, 11) is 0. The Kier molecular flexibility index (Phi) is 4.29. The van der Waals surface area contributed by atoms with Crippen molar-refractivity contribution in [3.63, 3.8) is 0 Å². The van der Waals surface area contributed by atoms with E-state index in [-0.39, 0.29) is 13.2 Å². The van der Waals surface area contributed by atoms with Gasteiger partial charge in [-0.05, 0) is 37.1 Å². The number of rotatable bonds is 4. The fraction of sp³-hybridized carbons (Fsp3) is 0.417. The number of aliphatic hydroxyl groups excluding tert-OH is 1. The third kappa shape index (κ3) is 2.96. The highest BCUT2D eigenvalue weighted by atomic mass is 16.5. The van der Waals surface area contributed by atoms with E-state index in [1.165, 1.54) is 0 Å². The zero-order valence-corrected chi connectivity index (χ0v) is 9.53. The molecule has 4 nitrogen and oxygen atoms in total. The van der Waals surface area contributed by atoms with Crippen LogP contribution >= 0.6 is 0 Å². The maximum absolute atomic E-state index is 9.26. The van der Waals surface area contributed by atoms with Crippen LogP contribution in [0.15, 0.2) is 12.1 Å². The molecular weight excluding hydrogens is 204 g/mol. The summed E-state index contributed by atoms with van der Waals surface area (Å²) in [5, 5.41) is 18.2. The zero-order chi connectivity index (χ0) is 12.1. The molecule has 0 fully saturated rings. The van der Waals surface area contributed by atoms with Gasteiger partial charge in [0.25, 0.3) is 0 Å². The van der Waals surface area contributed by atoms with Gasteiger partial charge in [0.2, 0.25) is 0 Å². The minimum Gasteiger partial charge on any atom is -0.491 e. The Balaban J connectivity index is 2.81. The Hall–Kier alpha value is -1.57. The monoisotopic (exact) mass is 220 g/mol. The Labute approximate surface area is 95.3 Å². The van der Waals surface area contributed by atoms with Crippen molar-refractivity contribution in [2.45, 2.75) is 20.0 Å². The molecule has 0 amide bonds. The second-order valence-corrected chi connectivity index (χ2v) is 3.74. The third-order valence-corrected chi connectivity index (χ3v) is 2.33. The standard InChI is InChI=1S/C12H16N2O2/c1-8-3-11(16-7-10(15)5-13)4-9(2)12(8)6-14/h3-4,10,15H,5,7,13H2,1-2H3. The van der Waals surface area contributed by atoms with E-state index < -0.39 is 6.10 Å². The molecule has 0 aliphatic heterocycles. The fourth-order valence-corrected chi connectivity index (χ4v) is 1.44. The first kappa shape index (κ1) is 12.5.